The molecule has 0 aliphatic carbocycles. The van der Waals surface area contributed by atoms with E-state index in [1.807, 2.05) is 0 Å². The van der Waals surface area contributed by atoms with E-state index in [0.29, 0.717) is 29.6 Å². The summed E-state index contributed by atoms with van der Waals surface area (Å²) in [4.78, 5) is 25.3. The van der Waals surface area contributed by atoms with Crippen molar-refractivity contribution in [3.63, 3.8) is 0 Å². The zero-order valence-corrected chi connectivity index (χ0v) is 9.99. The van der Waals surface area contributed by atoms with Crippen molar-refractivity contribution >= 4 is 22.7 Å². The predicted molar refractivity (Wildman–Crippen MR) is 68.0 cm³/mol. The Kier molecular flexibility index (Phi) is 3.16. The highest BCUT2D eigenvalue weighted by molar-refractivity contribution is 6.01. The molecule has 0 fully saturated rings. The second-order valence-electron chi connectivity index (χ2n) is 4.14. The summed E-state index contributed by atoms with van der Waals surface area (Å²) in [7, 11) is 0. The molecule has 0 saturated heterocycles. The monoisotopic (exact) mass is 246 g/mol. The first kappa shape index (κ1) is 12.3. The topological polar surface area (TPSA) is 96.2 Å². The molecule has 1 aromatic carbocycles. The molecule has 2 rings (SSSR count). The average Bonchev–Trinajstić information content (AvgIpc) is 2.68. The molecule has 18 heavy (non-hydrogen) atoms. The maximum atomic E-state index is 11.3. The number of nitrogens with one attached hydrogen (secondary N) is 1. The summed E-state index contributed by atoms with van der Waals surface area (Å²) in [5.41, 5.74) is 7.55. The molecular formula is C13H14N2O3. The Morgan fingerprint density at radius 1 is 1.39 bits per heavy atom. The number of carboxylic acids is 1. The number of carbonyl (C=O) groups excluding carboxylic acids is 1. The lowest BCUT2D eigenvalue weighted by atomic mass is 10.0. The van der Waals surface area contributed by atoms with Crippen molar-refractivity contribution in [2.24, 2.45) is 5.73 Å². The number of hydrogen-bond donors (Lipinski definition) is 3. The van der Waals surface area contributed by atoms with Gasteiger partial charge in [0.2, 0.25) is 0 Å². The smallest absolute Gasteiger partial charge is 0.352 e. The van der Waals surface area contributed by atoms with Gasteiger partial charge < -0.3 is 15.8 Å². The number of Topliss-reactive ketones (excluding diaryl/α,β-unsaturated/α-hetero) is 1. The Morgan fingerprint density at radius 3 is 2.67 bits per heavy atom. The Balaban J connectivity index is 2.67. The number of benzene rings is 1. The molecule has 0 radical (unpaired) electrons. The van der Waals surface area contributed by atoms with E-state index in [2.05, 4.69) is 4.98 Å². The van der Waals surface area contributed by atoms with Crippen molar-refractivity contribution in [1.82, 2.24) is 4.98 Å². The highest BCUT2D eigenvalue weighted by Gasteiger charge is 2.16. The maximum absolute atomic E-state index is 11.3. The number of aromatic nitrogens is 1. The molecule has 0 amide bonds. The van der Waals surface area contributed by atoms with Gasteiger partial charge in [-0.05, 0) is 31.5 Å². The van der Waals surface area contributed by atoms with Crippen molar-refractivity contribution < 1.29 is 14.7 Å². The predicted octanol–water partition coefficient (Wildman–Crippen LogP) is 1.57. The van der Waals surface area contributed by atoms with Crippen LogP contribution in [0, 0.1) is 0 Å². The zero-order valence-electron chi connectivity index (χ0n) is 9.99. The number of nitrogens with two attached hydrogens (primary N) is 1. The van der Waals surface area contributed by atoms with Crippen molar-refractivity contribution in [3.05, 3.63) is 35.0 Å². The first-order chi connectivity index (χ1) is 8.54. The summed E-state index contributed by atoms with van der Waals surface area (Å²) in [5.74, 6) is -1.07. The second kappa shape index (κ2) is 4.62. The Labute approximate surface area is 104 Å². The molecule has 1 aromatic heterocycles. The van der Waals surface area contributed by atoms with Crippen LogP contribution in [0.25, 0.3) is 10.9 Å². The highest BCUT2D eigenvalue weighted by Crippen LogP contribution is 2.24. The molecule has 0 atom stereocenters. The van der Waals surface area contributed by atoms with E-state index in [1.54, 1.807) is 18.2 Å². The van der Waals surface area contributed by atoms with Crippen LogP contribution < -0.4 is 5.73 Å². The van der Waals surface area contributed by atoms with Crippen LogP contribution in [0.2, 0.25) is 0 Å². The number of H-pyrrole nitrogens is 1. The quantitative estimate of drug-likeness (QED) is 0.713. The Morgan fingerprint density at radius 2 is 2.11 bits per heavy atom. The fourth-order valence-electron chi connectivity index (χ4n) is 2.06. The molecule has 0 aliphatic rings. The average molecular weight is 246 g/mol. The Bertz CT molecular complexity index is 628. The molecule has 0 unspecified atom stereocenters. The van der Waals surface area contributed by atoms with Crippen LogP contribution in [-0.4, -0.2) is 28.4 Å². The van der Waals surface area contributed by atoms with Gasteiger partial charge in [0.15, 0.2) is 5.78 Å². The van der Waals surface area contributed by atoms with Gasteiger partial charge in [-0.1, -0.05) is 12.1 Å². The van der Waals surface area contributed by atoms with E-state index in [1.165, 1.54) is 6.92 Å². The van der Waals surface area contributed by atoms with Gasteiger partial charge in [0.25, 0.3) is 0 Å². The summed E-state index contributed by atoms with van der Waals surface area (Å²) >= 11 is 0. The minimum absolute atomic E-state index is 0.0521. The van der Waals surface area contributed by atoms with E-state index in [0.717, 1.165) is 5.39 Å². The molecule has 1 heterocycles. The van der Waals surface area contributed by atoms with Gasteiger partial charge >= 0.3 is 5.97 Å². The molecule has 0 spiro atoms. The summed E-state index contributed by atoms with van der Waals surface area (Å²) in [6.45, 7) is 1.85. The molecule has 0 bridgehead atoms. The lowest BCUT2D eigenvalue weighted by molar-refractivity contribution is 0.0690. The minimum atomic E-state index is -1.01. The Hall–Kier alpha value is -2.14. The molecule has 2 aromatic rings. The van der Waals surface area contributed by atoms with Crippen molar-refractivity contribution in [3.8, 4) is 0 Å². The number of aromatic carboxylic acids is 1. The van der Waals surface area contributed by atoms with Gasteiger partial charge in [-0.3, -0.25) is 4.79 Å². The summed E-state index contributed by atoms with van der Waals surface area (Å²) < 4.78 is 0. The fourth-order valence-corrected chi connectivity index (χ4v) is 2.06. The van der Waals surface area contributed by atoms with Gasteiger partial charge in [-0.2, -0.15) is 0 Å². The third kappa shape index (κ3) is 2.00. The number of carboxylic acid groups (broad SMARTS) is 1. The second-order valence-corrected chi connectivity index (χ2v) is 4.14. The number of ketones is 1. The molecule has 0 aliphatic heterocycles. The van der Waals surface area contributed by atoms with Gasteiger partial charge in [0.05, 0.1) is 0 Å². The number of rotatable bonds is 4. The molecule has 4 N–H and O–H groups in total. The first-order valence-corrected chi connectivity index (χ1v) is 5.63. The molecule has 5 nitrogen and oxygen atoms in total. The zero-order chi connectivity index (χ0) is 13.3. The highest BCUT2D eigenvalue weighted by atomic mass is 16.4. The maximum Gasteiger partial charge on any atom is 0.352 e. The van der Waals surface area contributed by atoms with Crippen LogP contribution in [0.15, 0.2) is 18.2 Å². The molecule has 5 heteroatoms. The normalized spacial score (nSPS) is 10.8. The van der Waals surface area contributed by atoms with Gasteiger partial charge in [-0.25, -0.2) is 4.79 Å². The molecular weight excluding hydrogens is 232 g/mol. The van der Waals surface area contributed by atoms with Crippen LogP contribution in [0.5, 0.6) is 0 Å². The number of aromatic amines is 1. The number of hydrogen-bond acceptors (Lipinski definition) is 3. The van der Waals surface area contributed by atoms with E-state index in [-0.39, 0.29) is 11.5 Å². The van der Waals surface area contributed by atoms with E-state index in [4.69, 9.17) is 10.8 Å². The number of carbonyl (C=O) groups is 2. The summed E-state index contributed by atoms with van der Waals surface area (Å²) in [5, 5.41) is 9.94. The van der Waals surface area contributed by atoms with Crippen LogP contribution >= 0.6 is 0 Å². The molecule has 0 saturated carbocycles. The minimum Gasteiger partial charge on any atom is -0.477 e. The van der Waals surface area contributed by atoms with E-state index in [9.17, 15) is 9.59 Å². The van der Waals surface area contributed by atoms with Crippen LogP contribution in [-0.2, 0) is 6.42 Å². The van der Waals surface area contributed by atoms with Gasteiger partial charge in [0.1, 0.15) is 5.69 Å². The SMILES string of the molecule is CC(=O)c1ccc2c(CCN)c(C(=O)O)[nH]c2c1. The fraction of sp³-hybridized carbons (Fsp3) is 0.231. The summed E-state index contributed by atoms with van der Waals surface area (Å²) in [6.07, 6.45) is 0.487. The van der Waals surface area contributed by atoms with Gasteiger partial charge in [0, 0.05) is 16.5 Å². The number of fused-ring (bicyclic) bond motifs is 1. The van der Waals surface area contributed by atoms with Crippen molar-refractivity contribution in [2.45, 2.75) is 13.3 Å². The first-order valence-electron chi connectivity index (χ1n) is 5.63. The van der Waals surface area contributed by atoms with Crippen LogP contribution in [0.4, 0.5) is 0 Å². The lowest BCUT2D eigenvalue weighted by Gasteiger charge is -1.99. The van der Waals surface area contributed by atoms with Crippen molar-refractivity contribution in [1.29, 1.82) is 0 Å². The third-order valence-electron chi connectivity index (χ3n) is 2.92. The van der Waals surface area contributed by atoms with Crippen LogP contribution in [0.1, 0.15) is 33.3 Å². The molecule has 94 valence electrons. The van der Waals surface area contributed by atoms with Crippen molar-refractivity contribution in [2.75, 3.05) is 6.54 Å². The summed E-state index contributed by atoms with van der Waals surface area (Å²) in [6, 6.07) is 5.13. The standard InChI is InChI=1S/C13H14N2O3/c1-7(16)8-2-3-9-10(4-5-14)12(13(17)18)15-11(9)6-8/h2-3,6,15H,4-5,14H2,1H3,(H,17,18). The lowest BCUT2D eigenvalue weighted by Crippen LogP contribution is -2.07. The van der Waals surface area contributed by atoms with E-state index >= 15 is 0 Å². The van der Waals surface area contributed by atoms with Gasteiger partial charge in [-0.15, -0.1) is 0 Å². The van der Waals surface area contributed by atoms with E-state index < -0.39 is 5.97 Å². The third-order valence-corrected chi connectivity index (χ3v) is 2.92. The largest absolute Gasteiger partial charge is 0.477 e. The van der Waals surface area contributed by atoms with Crippen LogP contribution in [0.3, 0.4) is 0 Å².